The molecule has 0 spiro atoms. The molecule has 4 rings (SSSR count). The highest BCUT2D eigenvalue weighted by atomic mass is 79.9. The number of rotatable bonds is 7. The molecule has 34 heavy (non-hydrogen) atoms. The summed E-state index contributed by atoms with van der Waals surface area (Å²) in [7, 11) is 0. The average molecular weight is 537 g/mol. The van der Waals surface area contributed by atoms with Gasteiger partial charge in [0.15, 0.2) is 0 Å². The number of nitrogens with zero attached hydrogens (tertiary/aromatic N) is 3. The molecule has 3 aromatic carbocycles. The lowest BCUT2D eigenvalue weighted by atomic mass is 10.1. The van der Waals surface area contributed by atoms with Crippen LogP contribution >= 0.6 is 27.5 Å². The Morgan fingerprint density at radius 1 is 1.00 bits per heavy atom. The van der Waals surface area contributed by atoms with Crippen molar-refractivity contribution in [3.63, 3.8) is 0 Å². The number of benzene rings is 3. The zero-order valence-corrected chi connectivity index (χ0v) is 20.1. The zero-order chi connectivity index (χ0) is 23.9. The summed E-state index contributed by atoms with van der Waals surface area (Å²) in [6.45, 7) is -0.221. The van der Waals surface area contributed by atoms with E-state index >= 15 is 0 Å². The molecule has 0 aliphatic rings. The molecule has 9 heteroatoms. The van der Waals surface area contributed by atoms with Crippen molar-refractivity contribution in [2.75, 3.05) is 6.54 Å². The number of aromatic nitrogens is 2. The van der Waals surface area contributed by atoms with Crippen molar-refractivity contribution < 1.29 is 9.59 Å². The molecular weight excluding hydrogens is 518 g/mol. The van der Waals surface area contributed by atoms with E-state index in [9.17, 15) is 9.59 Å². The van der Waals surface area contributed by atoms with Crippen LogP contribution in [0.25, 0.3) is 16.9 Å². The van der Waals surface area contributed by atoms with Crippen LogP contribution in [0, 0.1) is 0 Å². The molecule has 0 atom stereocenters. The summed E-state index contributed by atoms with van der Waals surface area (Å²) in [6, 6.07) is 23.9. The third kappa shape index (κ3) is 5.98. The van der Waals surface area contributed by atoms with E-state index in [2.05, 4.69) is 31.8 Å². The fraction of sp³-hybridized carbons (Fsp3) is 0.0400. The first-order chi connectivity index (χ1) is 16.5. The Bertz CT molecular complexity index is 1320. The van der Waals surface area contributed by atoms with E-state index in [1.807, 2.05) is 60.8 Å². The predicted octanol–water partition coefficient (Wildman–Crippen LogP) is 4.84. The second-order valence-electron chi connectivity index (χ2n) is 7.20. The van der Waals surface area contributed by atoms with Gasteiger partial charge in [-0.15, -0.1) is 0 Å². The molecule has 0 aliphatic carbocycles. The van der Waals surface area contributed by atoms with Crippen LogP contribution in [0.15, 0.2) is 94.6 Å². The lowest BCUT2D eigenvalue weighted by molar-refractivity contribution is -0.120. The van der Waals surface area contributed by atoms with Crippen molar-refractivity contribution >= 4 is 45.6 Å². The van der Waals surface area contributed by atoms with Gasteiger partial charge in [0, 0.05) is 32.4 Å². The van der Waals surface area contributed by atoms with Crippen LogP contribution in [0.1, 0.15) is 15.9 Å². The molecule has 0 saturated carbocycles. The van der Waals surface area contributed by atoms with Gasteiger partial charge in [0.2, 0.25) is 0 Å². The summed E-state index contributed by atoms with van der Waals surface area (Å²) >= 11 is 9.27. The van der Waals surface area contributed by atoms with E-state index < -0.39 is 5.91 Å². The number of para-hydroxylation sites is 1. The normalized spacial score (nSPS) is 10.9. The molecule has 7 nitrogen and oxygen atoms in total. The fourth-order valence-electron chi connectivity index (χ4n) is 3.10. The van der Waals surface area contributed by atoms with E-state index in [4.69, 9.17) is 16.7 Å². The number of nitrogens with one attached hydrogen (secondary N) is 2. The highest BCUT2D eigenvalue weighted by Crippen LogP contribution is 2.24. The van der Waals surface area contributed by atoms with Crippen LogP contribution in [-0.2, 0) is 4.79 Å². The third-order valence-corrected chi connectivity index (χ3v) is 5.57. The van der Waals surface area contributed by atoms with Gasteiger partial charge in [-0.3, -0.25) is 9.59 Å². The van der Waals surface area contributed by atoms with Gasteiger partial charge >= 0.3 is 0 Å². The van der Waals surface area contributed by atoms with Crippen LogP contribution in [0.5, 0.6) is 0 Å². The van der Waals surface area contributed by atoms with Gasteiger partial charge in [-0.2, -0.15) is 10.2 Å². The summed E-state index contributed by atoms with van der Waals surface area (Å²) < 4.78 is 2.72. The number of hydrogen-bond donors (Lipinski definition) is 2. The van der Waals surface area contributed by atoms with Crippen molar-refractivity contribution in [3.8, 4) is 16.9 Å². The molecule has 170 valence electrons. The minimum Gasteiger partial charge on any atom is -0.343 e. The Morgan fingerprint density at radius 3 is 2.41 bits per heavy atom. The first kappa shape index (κ1) is 23.4. The number of hydrogen-bond acceptors (Lipinski definition) is 4. The maximum absolute atomic E-state index is 12.2. The van der Waals surface area contributed by atoms with E-state index in [0.717, 1.165) is 21.3 Å². The highest BCUT2D eigenvalue weighted by molar-refractivity contribution is 9.10. The van der Waals surface area contributed by atoms with Gasteiger partial charge in [-0.25, -0.2) is 10.1 Å². The smallest absolute Gasteiger partial charge is 0.259 e. The van der Waals surface area contributed by atoms with E-state index in [-0.39, 0.29) is 12.5 Å². The quantitative estimate of drug-likeness (QED) is 0.262. The molecule has 0 bridgehead atoms. The maximum Gasteiger partial charge on any atom is 0.259 e. The zero-order valence-electron chi connectivity index (χ0n) is 17.8. The Labute approximate surface area is 209 Å². The first-order valence-corrected chi connectivity index (χ1v) is 11.4. The Hall–Kier alpha value is -3.75. The monoisotopic (exact) mass is 535 g/mol. The Kier molecular flexibility index (Phi) is 7.51. The van der Waals surface area contributed by atoms with Crippen molar-refractivity contribution in [2.45, 2.75) is 0 Å². The van der Waals surface area contributed by atoms with E-state index in [1.165, 1.54) is 6.21 Å². The minimum absolute atomic E-state index is 0.221. The predicted molar refractivity (Wildman–Crippen MR) is 136 cm³/mol. The number of carbonyl (C=O) groups excluding carboxylic acids is 2. The van der Waals surface area contributed by atoms with Crippen LogP contribution in [0.4, 0.5) is 0 Å². The number of carbonyl (C=O) groups is 2. The molecule has 0 radical (unpaired) electrons. The molecular formula is C25H19BrClN5O2. The lowest BCUT2D eigenvalue weighted by Crippen LogP contribution is -2.34. The number of amides is 2. The fourth-order valence-corrected chi connectivity index (χ4v) is 3.49. The van der Waals surface area contributed by atoms with Gasteiger partial charge in [0.05, 0.1) is 18.4 Å². The topological polar surface area (TPSA) is 88.4 Å². The second kappa shape index (κ2) is 10.9. The summed E-state index contributed by atoms with van der Waals surface area (Å²) in [5.41, 5.74) is 6.08. The summed E-state index contributed by atoms with van der Waals surface area (Å²) in [4.78, 5) is 24.3. The molecule has 2 amide bonds. The molecule has 2 N–H and O–H groups in total. The maximum atomic E-state index is 12.2. The average Bonchev–Trinajstić information content (AvgIpc) is 3.28. The molecule has 0 fully saturated rings. The molecule has 1 aromatic heterocycles. The van der Waals surface area contributed by atoms with E-state index in [0.29, 0.717) is 16.3 Å². The molecule has 0 saturated heterocycles. The van der Waals surface area contributed by atoms with E-state index in [1.54, 1.807) is 28.9 Å². The van der Waals surface area contributed by atoms with Crippen molar-refractivity contribution in [2.24, 2.45) is 5.10 Å². The van der Waals surface area contributed by atoms with Gasteiger partial charge < -0.3 is 5.32 Å². The summed E-state index contributed by atoms with van der Waals surface area (Å²) in [5.74, 6) is -0.836. The summed E-state index contributed by atoms with van der Waals surface area (Å²) in [5, 5.41) is 11.8. The second-order valence-corrected chi connectivity index (χ2v) is 8.55. The van der Waals surface area contributed by atoms with Crippen molar-refractivity contribution in [3.05, 3.63) is 106 Å². The molecule has 4 aromatic rings. The summed E-state index contributed by atoms with van der Waals surface area (Å²) in [6.07, 6.45) is 3.37. The van der Waals surface area contributed by atoms with Crippen molar-refractivity contribution in [1.82, 2.24) is 20.5 Å². The highest BCUT2D eigenvalue weighted by Gasteiger charge is 2.12. The SMILES string of the molecule is O=C(CNC(=O)c1ccc(Cl)cc1)NN=Cc1cn(-c2ccccc2)nc1-c1ccc(Br)cc1. The van der Waals surface area contributed by atoms with Crippen LogP contribution in [-0.4, -0.2) is 34.4 Å². The van der Waals surface area contributed by atoms with Gasteiger partial charge in [-0.1, -0.05) is 57.9 Å². The van der Waals surface area contributed by atoms with Gasteiger partial charge in [0.25, 0.3) is 11.8 Å². The van der Waals surface area contributed by atoms with Crippen LogP contribution in [0.2, 0.25) is 5.02 Å². The van der Waals surface area contributed by atoms with Crippen LogP contribution in [0.3, 0.4) is 0 Å². The Morgan fingerprint density at radius 2 is 1.71 bits per heavy atom. The van der Waals surface area contributed by atoms with Crippen LogP contribution < -0.4 is 10.7 Å². The lowest BCUT2D eigenvalue weighted by Gasteiger charge is -2.04. The minimum atomic E-state index is -0.459. The van der Waals surface area contributed by atoms with Gasteiger partial charge in [0.1, 0.15) is 5.69 Å². The first-order valence-electron chi connectivity index (χ1n) is 10.3. The van der Waals surface area contributed by atoms with Gasteiger partial charge in [-0.05, 0) is 48.5 Å². The molecule has 0 aliphatic heterocycles. The number of halogens is 2. The largest absolute Gasteiger partial charge is 0.343 e. The third-order valence-electron chi connectivity index (χ3n) is 4.79. The Balaban J connectivity index is 1.45. The standard InChI is InChI=1S/C25H19BrClN5O2/c26-20-10-6-17(7-11-20)24-19(16-32(31-24)22-4-2-1-3-5-22)14-29-30-23(33)15-28-25(34)18-8-12-21(27)13-9-18/h1-14,16H,15H2,(H,28,34)(H,30,33). The molecule has 0 unspecified atom stereocenters. The molecule has 1 heterocycles. The van der Waals surface area contributed by atoms with Crippen molar-refractivity contribution in [1.29, 1.82) is 0 Å². The number of hydrazone groups is 1.